The Hall–Kier alpha value is -3.74. The number of fused-ring (bicyclic) bond motifs is 1. The van der Waals surface area contributed by atoms with Gasteiger partial charge in [-0.25, -0.2) is 19.3 Å². The van der Waals surface area contributed by atoms with Gasteiger partial charge in [-0.1, -0.05) is 29.5 Å². The van der Waals surface area contributed by atoms with Crippen LogP contribution in [0.15, 0.2) is 48.5 Å². The van der Waals surface area contributed by atoms with Crippen molar-refractivity contribution in [2.75, 3.05) is 30.0 Å². The van der Waals surface area contributed by atoms with Crippen molar-refractivity contribution in [2.24, 2.45) is 5.84 Å². The first-order valence-corrected chi connectivity index (χ1v) is 13.6. The number of benzene rings is 2. The largest absolute Gasteiger partial charge is 0.376 e. The number of nitrogens with zero attached hydrogens (tertiary/aromatic N) is 7. The molecule has 0 unspecified atom stereocenters. The van der Waals surface area contributed by atoms with E-state index >= 15 is 0 Å². The fraction of sp³-hybridized carbons (Fsp3) is 0.429. The SMILES string of the molecule is C[C@@H]1CN(c2nc(NN)nc3c2nnn3C[C@H]2CCCO2)[C@@H](C)CN1C(c1ccc(F)cc1)c1ccc(F)cc1. The van der Waals surface area contributed by atoms with Gasteiger partial charge in [0.2, 0.25) is 5.95 Å². The summed E-state index contributed by atoms with van der Waals surface area (Å²) < 4.78 is 35.2. The number of aromatic nitrogens is 5. The van der Waals surface area contributed by atoms with Crippen LogP contribution in [0.5, 0.6) is 0 Å². The van der Waals surface area contributed by atoms with E-state index in [4.69, 9.17) is 15.6 Å². The van der Waals surface area contributed by atoms with Crippen LogP contribution >= 0.6 is 0 Å². The molecule has 0 aliphatic carbocycles. The Bertz CT molecular complexity index is 1410. The average molecular weight is 550 g/mol. The summed E-state index contributed by atoms with van der Waals surface area (Å²) in [6, 6.07) is 13.0. The molecule has 4 aromatic rings. The fourth-order valence-corrected chi connectivity index (χ4v) is 5.88. The minimum Gasteiger partial charge on any atom is -0.376 e. The summed E-state index contributed by atoms with van der Waals surface area (Å²) >= 11 is 0. The predicted octanol–water partition coefficient (Wildman–Crippen LogP) is 3.65. The van der Waals surface area contributed by atoms with Gasteiger partial charge in [0.1, 0.15) is 11.6 Å². The molecule has 2 aromatic carbocycles. The predicted molar refractivity (Wildman–Crippen MR) is 148 cm³/mol. The molecule has 2 aliphatic rings. The van der Waals surface area contributed by atoms with Gasteiger partial charge in [0.15, 0.2) is 17.0 Å². The Morgan fingerprint density at radius 1 is 0.975 bits per heavy atom. The van der Waals surface area contributed by atoms with Gasteiger partial charge in [0.05, 0.1) is 18.7 Å². The van der Waals surface area contributed by atoms with Gasteiger partial charge in [-0.2, -0.15) is 9.97 Å². The molecule has 0 spiro atoms. The molecule has 10 nitrogen and oxygen atoms in total. The highest BCUT2D eigenvalue weighted by molar-refractivity contribution is 5.84. The molecule has 12 heteroatoms. The summed E-state index contributed by atoms with van der Waals surface area (Å²) in [5.74, 6) is 6.13. The van der Waals surface area contributed by atoms with E-state index in [1.807, 2.05) is 0 Å². The molecule has 0 radical (unpaired) electrons. The molecule has 3 N–H and O–H groups in total. The van der Waals surface area contributed by atoms with Crippen molar-refractivity contribution in [3.63, 3.8) is 0 Å². The molecular weight excluding hydrogens is 516 g/mol. The van der Waals surface area contributed by atoms with Crippen molar-refractivity contribution in [1.82, 2.24) is 29.9 Å². The fourth-order valence-electron chi connectivity index (χ4n) is 5.88. The summed E-state index contributed by atoms with van der Waals surface area (Å²) in [5.41, 5.74) is 5.69. The maximum Gasteiger partial charge on any atom is 0.241 e. The number of ether oxygens (including phenoxy) is 1. The molecule has 2 fully saturated rings. The Kier molecular flexibility index (Phi) is 7.30. The summed E-state index contributed by atoms with van der Waals surface area (Å²) in [6.45, 7) is 6.90. The summed E-state index contributed by atoms with van der Waals surface area (Å²) in [5, 5.41) is 8.86. The lowest BCUT2D eigenvalue weighted by atomic mass is 9.93. The van der Waals surface area contributed by atoms with Gasteiger partial charge in [0.25, 0.3) is 0 Å². The van der Waals surface area contributed by atoms with E-state index in [2.05, 4.69) is 44.4 Å². The lowest BCUT2D eigenvalue weighted by molar-refractivity contribution is 0.0944. The number of hydrogen-bond donors (Lipinski definition) is 2. The Morgan fingerprint density at radius 2 is 1.65 bits per heavy atom. The van der Waals surface area contributed by atoms with Crippen molar-refractivity contribution < 1.29 is 13.5 Å². The first kappa shape index (κ1) is 26.5. The van der Waals surface area contributed by atoms with E-state index in [1.165, 1.54) is 24.3 Å². The minimum absolute atomic E-state index is 0.0200. The van der Waals surface area contributed by atoms with Crippen LogP contribution in [-0.4, -0.2) is 67.7 Å². The zero-order valence-corrected chi connectivity index (χ0v) is 22.5. The maximum absolute atomic E-state index is 13.8. The molecule has 4 heterocycles. The molecule has 2 saturated heterocycles. The van der Waals surface area contributed by atoms with Crippen LogP contribution in [0.2, 0.25) is 0 Å². The van der Waals surface area contributed by atoms with Crippen molar-refractivity contribution in [2.45, 2.75) is 57.5 Å². The molecule has 6 rings (SSSR count). The average Bonchev–Trinajstić information content (AvgIpc) is 3.62. The molecule has 3 atom stereocenters. The van der Waals surface area contributed by atoms with Gasteiger partial charge in [-0.3, -0.25) is 10.3 Å². The van der Waals surface area contributed by atoms with Crippen LogP contribution in [0.1, 0.15) is 43.9 Å². The second kappa shape index (κ2) is 11.0. The van der Waals surface area contributed by atoms with Crippen LogP contribution in [0, 0.1) is 11.6 Å². The quantitative estimate of drug-likeness (QED) is 0.264. The van der Waals surface area contributed by atoms with E-state index < -0.39 is 0 Å². The molecule has 0 amide bonds. The van der Waals surface area contributed by atoms with E-state index in [0.717, 1.165) is 30.6 Å². The molecule has 2 aliphatic heterocycles. The highest BCUT2D eigenvalue weighted by Crippen LogP contribution is 2.36. The van der Waals surface area contributed by atoms with Gasteiger partial charge >= 0.3 is 0 Å². The number of anilines is 2. The first-order chi connectivity index (χ1) is 19.4. The lowest BCUT2D eigenvalue weighted by Gasteiger charge is -2.48. The number of nitrogen functional groups attached to an aromatic ring is 1. The number of hydrazine groups is 1. The van der Waals surface area contributed by atoms with Crippen molar-refractivity contribution in [3.05, 3.63) is 71.3 Å². The topological polar surface area (TPSA) is 110 Å². The number of hydrogen-bond acceptors (Lipinski definition) is 9. The molecule has 2 aromatic heterocycles. The maximum atomic E-state index is 13.8. The number of nitrogens with one attached hydrogen (secondary N) is 1. The number of nitrogens with two attached hydrogens (primary N) is 1. The monoisotopic (exact) mass is 549 g/mol. The van der Waals surface area contributed by atoms with Crippen molar-refractivity contribution in [3.8, 4) is 0 Å². The first-order valence-electron chi connectivity index (χ1n) is 13.6. The van der Waals surface area contributed by atoms with Gasteiger partial charge in [-0.05, 0) is 62.1 Å². The Labute approximate surface area is 231 Å². The van der Waals surface area contributed by atoms with Crippen LogP contribution in [-0.2, 0) is 11.3 Å². The molecule has 40 heavy (non-hydrogen) atoms. The smallest absolute Gasteiger partial charge is 0.241 e. The third kappa shape index (κ3) is 5.09. The molecule has 0 bridgehead atoms. The van der Waals surface area contributed by atoms with Gasteiger partial charge in [-0.15, -0.1) is 5.10 Å². The van der Waals surface area contributed by atoms with Crippen LogP contribution in [0.4, 0.5) is 20.5 Å². The summed E-state index contributed by atoms with van der Waals surface area (Å²) in [7, 11) is 0. The van der Waals surface area contributed by atoms with E-state index in [0.29, 0.717) is 36.6 Å². The van der Waals surface area contributed by atoms with Crippen LogP contribution in [0.25, 0.3) is 11.2 Å². The Morgan fingerprint density at radius 3 is 2.25 bits per heavy atom. The van der Waals surface area contributed by atoms with E-state index in [-0.39, 0.29) is 41.8 Å². The van der Waals surface area contributed by atoms with Crippen molar-refractivity contribution >= 4 is 22.9 Å². The normalized spacial score (nSPS) is 21.9. The number of rotatable bonds is 7. The molecular formula is C28H33F2N9O. The standard InChI is InChI=1S/C28H33F2N9O/c1-17-15-38(26-24-27(33-28(32-26)34-31)39(36-35-24)16-23-4-3-13-40-23)18(2)14-37(17)25(19-5-9-21(29)10-6-19)20-7-11-22(30)12-8-20/h5-12,17-18,23,25H,3-4,13-16,31H2,1-2H3,(H,32,33,34)/t17-,18+,23-/m1/s1. The lowest BCUT2D eigenvalue weighted by Crippen LogP contribution is -2.57. The zero-order chi connectivity index (χ0) is 27.8. The van der Waals surface area contributed by atoms with Crippen molar-refractivity contribution in [1.29, 1.82) is 0 Å². The number of halogens is 2. The highest BCUT2D eigenvalue weighted by atomic mass is 19.1. The summed E-state index contributed by atoms with van der Waals surface area (Å²) in [6.07, 6.45) is 2.08. The zero-order valence-electron chi connectivity index (χ0n) is 22.5. The second-order valence-electron chi connectivity index (χ2n) is 10.6. The van der Waals surface area contributed by atoms with E-state index in [9.17, 15) is 8.78 Å². The highest BCUT2D eigenvalue weighted by Gasteiger charge is 2.37. The third-order valence-electron chi connectivity index (χ3n) is 7.88. The van der Waals surface area contributed by atoms with Crippen LogP contribution in [0.3, 0.4) is 0 Å². The van der Waals surface area contributed by atoms with Crippen LogP contribution < -0.4 is 16.2 Å². The Balaban J connectivity index is 1.33. The number of piperazine rings is 1. The third-order valence-corrected chi connectivity index (χ3v) is 7.88. The summed E-state index contributed by atoms with van der Waals surface area (Å²) in [4.78, 5) is 13.9. The molecule has 210 valence electrons. The minimum atomic E-state index is -0.294. The van der Waals surface area contributed by atoms with E-state index in [1.54, 1.807) is 28.9 Å². The van der Waals surface area contributed by atoms with Gasteiger partial charge in [0, 0.05) is 31.8 Å². The molecule has 0 saturated carbocycles. The van der Waals surface area contributed by atoms with Gasteiger partial charge < -0.3 is 9.64 Å². The second-order valence-corrected chi connectivity index (χ2v) is 10.6.